The average Bonchev–Trinajstić information content (AvgIpc) is 2.60. The van der Waals surface area contributed by atoms with Gasteiger partial charge in [0.2, 0.25) is 10.0 Å². The molecule has 1 aliphatic rings. The molecule has 0 bridgehead atoms. The van der Waals surface area contributed by atoms with E-state index < -0.39 is 10.0 Å². The van der Waals surface area contributed by atoms with Crippen LogP contribution in [0.1, 0.15) is 20.3 Å². The van der Waals surface area contributed by atoms with E-state index in [1.165, 1.54) is 6.20 Å². The molecule has 7 heteroatoms. The van der Waals surface area contributed by atoms with Gasteiger partial charge in [-0.1, -0.05) is 13.8 Å². The zero-order valence-corrected chi connectivity index (χ0v) is 13.7. The van der Waals surface area contributed by atoms with Gasteiger partial charge in [-0.25, -0.2) is 13.4 Å². The van der Waals surface area contributed by atoms with Crippen molar-refractivity contribution in [2.45, 2.75) is 29.9 Å². The fourth-order valence-electron chi connectivity index (χ4n) is 2.10. The third kappa shape index (κ3) is 3.45. The monoisotopic (exact) mass is 315 g/mol. The zero-order chi connectivity index (χ0) is 14.8. The zero-order valence-electron chi connectivity index (χ0n) is 12.1. The van der Waals surface area contributed by atoms with E-state index in [1.54, 1.807) is 23.5 Å². The van der Waals surface area contributed by atoms with E-state index in [0.717, 1.165) is 12.2 Å². The Morgan fingerprint density at radius 3 is 2.85 bits per heavy atom. The second kappa shape index (κ2) is 5.91. The van der Waals surface area contributed by atoms with Crippen LogP contribution in [-0.2, 0) is 10.0 Å². The van der Waals surface area contributed by atoms with Crippen LogP contribution in [0.15, 0.2) is 23.2 Å². The molecule has 0 amide bonds. The average molecular weight is 315 g/mol. The van der Waals surface area contributed by atoms with Gasteiger partial charge in [0, 0.05) is 42.9 Å². The van der Waals surface area contributed by atoms with Crippen molar-refractivity contribution in [3.63, 3.8) is 0 Å². The third-order valence-electron chi connectivity index (χ3n) is 3.42. The Kier molecular flexibility index (Phi) is 4.61. The number of nitrogens with zero attached hydrogens (tertiary/aromatic N) is 2. The minimum absolute atomic E-state index is 0.138. The van der Waals surface area contributed by atoms with Crippen LogP contribution in [0.2, 0.25) is 0 Å². The first-order valence-corrected chi connectivity index (χ1v) is 9.06. The Morgan fingerprint density at radius 2 is 2.15 bits per heavy atom. The number of hydrogen-bond acceptors (Lipinski definition) is 5. The van der Waals surface area contributed by atoms with Crippen LogP contribution >= 0.6 is 11.8 Å². The first-order chi connectivity index (χ1) is 9.35. The molecule has 112 valence electrons. The minimum Gasteiger partial charge on any atom is -0.373 e. The lowest BCUT2D eigenvalue weighted by molar-refractivity contribution is 0.415. The van der Waals surface area contributed by atoms with Crippen molar-refractivity contribution in [2.75, 3.05) is 31.2 Å². The topological polar surface area (TPSA) is 62.3 Å². The van der Waals surface area contributed by atoms with Crippen LogP contribution in [-0.4, -0.2) is 48.3 Å². The molecule has 0 radical (unpaired) electrons. The summed E-state index contributed by atoms with van der Waals surface area (Å²) in [4.78, 5) is 4.37. The molecule has 1 N–H and O–H groups in total. The molecule has 5 nitrogen and oxygen atoms in total. The molecule has 0 spiro atoms. The summed E-state index contributed by atoms with van der Waals surface area (Å²) in [5, 5.41) is 2.87. The van der Waals surface area contributed by atoms with E-state index in [2.05, 4.69) is 24.1 Å². The van der Waals surface area contributed by atoms with E-state index in [-0.39, 0.29) is 4.75 Å². The second-order valence-electron chi connectivity index (χ2n) is 5.39. The Labute approximate surface area is 125 Å². The Hall–Kier alpha value is -0.790. The molecule has 2 heterocycles. The van der Waals surface area contributed by atoms with Crippen molar-refractivity contribution in [2.24, 2.45) is 0 Å². The number of hydrogen-bond donors (Lipinski definition) is 1. The summed E-state index contributed by atoms with van der Waals surface area (Å²) in [6.07, 6.45) is 2.39. The van der Waals surface area contributed by atoms with Gasteiger partial charge in [-0.05, 0) is 12.5 Å². The second-order valence-corrected chi connectivity index (χ2v) is 9.13. The highest BCUT2D eigenvalue weighted by Gasteiger charge is 2.30. The normalized spacial score (nSPS) is 20.4. The number of pyridine rings is 1. The number of aromatic nitrogens is 1. The van der Waals surface area contributed by atoms with E-state index in [0.29, 0.717) is 23.8 Å². The lowest BCUT2D eigenvalue weighted by Crippen LogP contribution is -2.33. The maximum absolute atomic E-state index is 12.7. The Bertz CT molecular complexity index is 573. The highest BCUT2D eigenvalue weighted by molar-refractivity contribution is 8.00. The summed E-state index contributed by atoms with van der Waals surface area (Å²) in [6.45, 7) is 5.46. The number of sulfonamides is 1. The summed E-state index contributed by atoms with van der Waals surface area (Å²) >= 11 is 1.83. The van der Waals surface area contributed by atoms with Gasteiger partial charge in [-0.15, -0.1) is 0 Å². The third-order valence-corrected chi connectivity index (χ3v) is 6.69. The lowest BCUT2D eigenvalue weighted by atomic mass is 10.1. The molecule has 0 unspecified atom stereocenters. The first-order valence-electron chi connectivity index (χ1n) is 6.63. The molecule has 1 fully saturated rings. The first kappa shape index (κ1) is 15.6. The summed E-state index contributed by atoms with van der Waals surface area (Å²) in [7, 11) is -1.70. The van der Waals surface area contributed by atoms with Crippen molar-refractivity contribution in [1.82, 2.24) is 9.29 Å². The molecule has 0 atom stereocenters. The fraction of sp³-hybridized carbons (Fsp3) is 0.615. The van der Waals surface area contributed by atoms with Gasteiger partial charge in [-0.2, -0.15) is 16.1 Å². The largest absolute Gasteiger partial charge is 0.373 e. The molecule has 1 saturated heterocycles. The molecule has 0 aliphatic carbocycles. The highest BCUT2D eigenvalue weighted by Crippen LogP contribution is 2.32. The van der Waals surface area contributed by atoms with Crippen LogP contribution in [0.25, 0.3) is 0 Å². The van der Waals surface area contributed by atoms with Crippen LogP contribution in [0.5, 0.6) is 0 Å². The predicted octanol–water partition coefficient (Wildman–Crippen LogP) is 2.03. The summed E-state index contributed by atoms with van der Waals surface area (Å²) in [5.41, 5.74) is 0. The van der Waals surface area contributed by atoms with Crippen LogP contribution < -0.4 is 5.32 Å². The van der Waals surface area contributed by atoms with Crippen LogP contribution in [0, 0.1) is 0 Å². The van der Waals surface area contributed by atoms with Crippen molar-refractivity contribution in [3.05, 3.63) is 18.3 Å². The Balaban J connectivity index is 2.25. The number of anilines is 1. The SMILES string of the molecule is CNc1cc(S(=O)(=O)N2CCSC(C)(C)CC2)ccn1. The Morgan fingerprint density at radius 1 is 1.40 bits per heavy atom. The molecule has 20 heavy (non-hydrogen) atoms. The lowest BCUT2D eigenvalue weighted by Gasteiger charge is -2.22. The van der Waals surface area contributed by atoms with Crippen molar-refractivity contribution in [1.29, 1.82) is 0 Å². The molecule has 1 aromatic heterocycles. The smallest absolute Gasteiger partial charge is 0.243 e. The fourth-order valence-corrected chi connectivity index (χ4v) is 4.77. The molecule has 1 aromatic rings. The van der Waals surface area contributed by atoms with Gasteiger partial charge in [0.25, 0.3) is 0 Å². The number of rotatable bonds is 3. The quantitative estimate of drug-likeness (QED) is 0.925. The molecule has 0 aromatic carbocycles. The van der Waals surface area contributed by atoms with E-state index in [4.69, 9.17) is 0 Å². The van der Waals surface area contributed by atoms with E-state index in [1.807, 2.05) is 11.8 Å². The van der Waals surface area contributed by atoms with Crippen molar-refractivity contribution >= 4 is 27.6 Å². The van der Waals surface area contributed by atoms with Gasteiger partial charge in [0.15, 0.2) is 0 Å². The molecule has 2 rings (SSSR count). The summed E-state index contributed by atoms with van der Waals surface area (Å²) in [5.74, 6) is 1.39. The van der Waals surface area contributed by atoms with Gasteiger partial charge in [-0.3, -0.25) is 0 Å². The van der Waals surface area contributed by atoms with Crippen molar-refractivity contribution in [3.8, 4) is 0 Å². The molecular formula is C13H21N3O2S2. The number of nitrogens with one attached hydrogen (secondary N) is 1. The standard InChI is InChI=1S/C13H21N3O2S2/c1-13(2)5-7-16(8-9-19-13)20(17,18)11-4-6-15-12(10-11)14-3/h4,6,10H,5,7-9H2,1-3H3,(H,14,15). The van der Waals surface area contributed by atoms with Gasteiger partial charge >= 0.3 is 0 Å². The molecule has 0 saturated carbocycles. The van der Waals surface area contributed by atoms with Crippen molar-refractivity contribution < 1.29 is 8.42 Å². The van der Waals surface area contributed by atoms with Gasteiger partial charge in [0.05, 0.1) is 4.90 Å². The summed E-state index contributed by atoms with van der Waals surface area (Å²) < 4.78 is 27.1. The highest BCUT2D eigenvalue weighted by atomic mass is 32.2. The predicted molar refractivity (Wildman–Crippen MR) is 83.7 cm³/mol. The maximum Gasteiger partial charge on any atom is 0.243 e. The summed E-state index contributed by atoms with van der Waals surface area (Å²) in [6, 6.07) is 3.14. The molecular weight excluding hydrogens is 294 g/mol. The van der Waals surface area contributed by atoms with E-state index in [9.17, 15) is 8.42 Å². The van der Waals surface area contributed by atoms with Gasteiger partial charge < -0.3 is 5.32 Å². The van der Waals surface area contributed by atoms with Crippen LogP contribution in [0.4, 0.5) is 5.82 Å². The van der Waals surface area contributed by atoms with Crippen LogP contribution in [0.3, 0.4) is 0 Å². The van der Waals surface area contributed by atoms with E-state index >= 15 is 0 Å². The maximum atomic E-state index is 12.7. The number of thioether (sulfide) groups is 1. The minimum atomic E-state index is -3.43. The van der Waals surface area contributed by atoms with Gasteiger partial charge in [0.1, 0.15) is 5.82 Å². The molecule has 1 aliphatic heterocycles.